The van der Waals surface area contributed by atoms with Crippen molar-refractivity contribution in [2.75, 3.05) is 0 Å². The predicted octanol–water partition coefficient (Wildman–Crippen LogP) is 1.19. The Balaban J connectivity index is 1.99. The van der Waals surface area contributed by atoms with E-state index in [0.29, 0.717) is 30.7 Å². The van der Waals surface area contributed by atoms with Gasteiger partial charge in [-0.25, -0.2) is 18.7 Å². The Kier molecular flexibility index (Phi) is 3.32. The maximum atomic E-state index is 13.2. The van der Waals surface area contributed by atoms with Crippen molar-refractivity contribution in [3.05, 3.63) is 52.0 Å². The molecule has 1 aromatic heterocycles. The summed E-state index contributed by atoms with van der Waals surface area (Å²) in [6.45, 7) is 0.128. The summed E-state index contributed by atoms with van der Waals surface area (Å²) < 4.78 is 15.6. The first-order valence-electron chi connectivity index (χ1n) is 6.72. The number of nitrogens with zero attached hydrogens (tertiary/aromatic N) is 3. The van der Waals surface area contributed by atoms with Crippen molar-refractivity contribution >= 4 is 5.97 Å². The minimum atomic E-state index is -1.02. The fraction of sp³-hybridized carbons (Fsp3) is 0.357. The highest BCUT2D eigenvalue weighted by Gasteiger charge is 2.30. The van der Waals surface area contributed by atoms with Gasteiger partial charge < -0.3 is 5.11 Å². The van der Waals surface area contributed by atoms with Gasteiger partial charge in [-0.3, -0.25) is 4.57 Å². The van der Waals surface area contributed by atoms with Gasteiger partial charge in [0, 0.05) is 6.42 Å². The second kappa shape index (κ2) is 5.16. The Morgan fingerprint density at radius 2 is 2.29 bits per heavy atom. The number of carboxylic acids is 1. The zero-order valence-corrected chi connectivity index (χ0v) is 11.2. The van der Waals surface area contributed by atoms with E-state index in [4.69, 9.17) is 0 Å². The molecule has 0 bridgehead atoms. The number of hydrogen-bond acceptors (Lipinski definition) is 3. The Hall–Kier alpha value is -2.44. The van der Waals surface area contributed by atoms with Crippen molar-refractivity contribution in [1.82, 2.24) is 14.3 Å². The summed E-state index contributed by atoms with van der Waals surface area (Å²) in [5.41, 5.74) is 0.154. The smallest absolute Gasteiger partial charge is 0.347 e. The summed E-state index contributed by atoms with van der Waals surface area (Å²) in [5, 5.41) is 13.4. The number of hydrogen-bond donors (Lipinski definition) is 1. The maximum Gasteiger partial charge on any atom is 0.347 e. The van der Waals surface area contributed by atoms with E-state index in [-0.39, 0.29) is 12.4 Å². The molecule has 1 aromatic carbocycles. The number of aromatic nitrogens is 3. The van der Waals surface area contributed by atoms with Crippen molar-refractivity contribution in [3.63, 3.8) is 0 Å². The van der Waals surface area contributed by atoms with Gasteiger partial charge in [0.15, 0.2) is 0 Å². The van der Waals surface area contributed by atoms with Gasteiger partial charge >= 0.3 is 11.7 Å². The molecule has 6 nitrogen and oxygen atoms in total. The highest BCUT2D eigenvalue weighted by molar-refractivity contribution is 5.72. The number of benzene rings is 1. The fourth-order valence-corrected chi connectivity index (χ4v) is 2.68. The molecule has 0 fully saturated rings. The Morgan fingerprint density at radius 1 is 1.48 bits per heavy atom. The monoisotopic (exact) mass is 291 g/mol. The van der Waals surface area contributed by atoms with E-state index >= 15 is 0 Å². The highest BCUT2D eigenvalue weighted by atomic mass is 19.1. The predicted molar refractivity (Wildman–Crippen MR) is 71.6 cm³/mol. The lowest BCUT2D eigenvalue weighted by Gasteiger charge is -2.19. The molecule has 2 aromatic rings. The van der Waals surface area contributed by atoms with E-state index in [9.17, 15) is 19.1 Å². The summed E-state index contributed by atoms with van der Waals surface area (Å²) in [4.78, 5) is 23.6. The van der Waals surface area contributed by atoms with Crippen LogP contribution in [0, 0.1) is 5.82 Å². The van der Waals surface area contributed by atoms with Gasteiger partial charge in [-0.2, -0.15) is 5.10 Å². The van der Waals surface area contributed by atoms with E-state index in [2.05, 4.69) is 5.10 Å². The van der Waals surface area contributed by atoms with E-state index in [1.807, 2.05) is 0 Å². The van der Waals surface area contributed by atoms with Crippen molar-refractivity contribution in [1.29, 1.82) is 0 Å². The molecule has 0 spiro atoms. The number of carbonyl (C=O) groups is 1. The van der Waals surface area contributed by atoms with Crippen LogP contribution in [0.15, 0.2) is 29.1 Å². The number of fused-ring (bicyclic) bond motifs is 1. The summed E-state index contributed by atoms with van der Waals surface area (Å²) in [6.07, 6.45) is 1.69. The van der Waals surface area contributed by atoms with E-state index in [1.165, 1.54) is 21.4 Å². The number of aryl methyl sites for hydroxylation is 1. The molecule has 0 radical (unpaired) electrons. The fourth-order valence-electron chi connectivity index (χ4n) is 2.68. The summed E-state index contributed by atoms with van der Waals surface area (Å²) in [7, 11) is 0. The molecule has 1 N–H and O–H groups in total. The second-order valence-electron chi connectivity index (χ2n) is 5.10. The van der Waals surface area contributed by atoms with Gasteiger partial charge in [0.25, 0.3) is 0 Å². The number of carboxylic acid groups (broad SMARTS) is 1. The SMILES string of the molecule is O=C(O)[C@H]1CCCc2nn(Cc3cccc(F)c3)c(=O)n21. The van der Waals surface area contributed by atoms with Gasteiger partial charge in [-0.15, -0.1) is 0 Å². The zero-order chi connectivity index (χ0) is 15.0. The van der Waals surface area contributed by atoms with Crippen LogP contribution in [0.4, 0.5) is 4.39 Å². The third-order valence-corrected chi connectivity index (χ3v) is 3.64. The third kappa shape index (κ3) is 2.46. The number of halogens is 1. The standard InChI is InChI=1S/C14H14FN3O3/c15-10-4-1-3-9(7-10)8-17-14(21)18-11(13(19)20)5-2-6-12(18)16-17/h1,3-4,7,11H,2,5-6,8H2,(H,19,20)/t11-/m1/s1. The average molecular weight is 291 g/mol. The van der Waals surface area contributed by atoms with Crippen LogP contribution in [0.25, 0.3) is 0 Å². The molecule has 3 rings (SSSR count). The normalized spacial score (nSPS) is 17.5. The Morgan fingerprint density at radius 3 is 3.00 bits per heavy atom. The molecule has 2 heterocycles. The largest absolute Gasteiger partial charge is 0.480 e. The first-order valence-corrected chi connectivity index (χ1v) is 6.72. The number of aliphatic carboxylic acids is 1. The van der Waals surface area contributed by atoms with Crippen LogP contribution in [-0.2, 0) is 17.8 Å². The molecule has 0 saturated heterocycles. The van der Waals surface area contributed by atoms with Crippen LogP contribution in [0.1, 0.15) is 30.3 Å². The van der Waals surface area contributed by atoms with E-state index < -0.39 is 17.7 Å². The van der Waals surface area contributed by atoms with Crippen LogP contribution in [0.3, 0.4) is 0 Å². The molecular formula is C14H14FN3O3. The molecule has 0 amide bonds. The highest BCUT2D eigenvalue weighted by Crippen LogP contribution is 2.21. The molecule has 1 aliphatic rings. The van der Waals surface area contributed by atoms with Crippen LogP contribution >= 0.6 is 0 Å². The van der Waals surface area contributed by atoms with E-state index in [0.717, 1.165) is 0 Å². The molecule has 1 aliphatic heterocycles. The van der Waals surface area contributed by atoms with Crippen molar-refractivity contribution < 1.29 is 14.3 Å². The van der Waals surface area contributed by atoms with Crippen LogP contribution in [0.5, 0.6) is 0 Å². The molecule has 0 unspecified atom stereocenters. The van der Waals surface area contributed by atoms with E-state index in [1.54, 1.807) is 12.1 Å². The Labute approximate surface area is 119 Å². The molecule has 0 aliphatic carbocycles. The van der Waals surface area contributed by atoms with Gasteiger partial charge in [-0.05, 0) is 30.5 Å². The van der Waals surface area contributed by atoms with Gasteiger partial charge in [0.05, 0.1) is 6.54 Å². The number of rotatable bonds is 3. The first-order chi connectivity index (χ1) is 10.1. The summed E-state index contributed by atoms with van der Waals surface area (Å²) >= 11 is 0. The molecule has 1 atom stereocenters. The van der Waals surface area contributed by atoms with Gasteiger partial charge in [0.2, 0.25) is 0 Å². The third-order valence-electron chi connectivity index (χ3n) is 3.64. The summed E-state index contributed by atoms with van der Waals surface area (Å²) in [5.74, 6) is -0.925. The van der Waals surface area contributed by atoms with Crippen molar-refractivity contribution in [3.8, 4) is 0 Å². The lowest BCUT2D eigenvalue weighted by Crippen LogP contribution is -2.34. The molecule has 0 saturated carbocycles. The first kappa shape index (κ1) is 13.5. The zero-order valence-electron chi connectivity index (χ0n) is 11.2. The Bertz CT molecular complexity index is 750. The molecular weight excluding hydrogens is 277 g/mol. The van der Waals surface area contributed by atoms with Gasteiger partial charge in [0.1, 0.15) is 17.7 Å². The molecule has 7 heteroatoms. The second-order valence-corrected chi connectivity index (χ2v) is 5.10. The average Bonchev–Trinajstić information content (AvgIpc) is 2.75. The minimum Gasteiger partial charge on any atom is -0.480 e. The van der Waals surface area contributed by atoms with Crippen molar-refractivity contribution in [2.45, 2.75) is 31.8 Å². The summed E-state index contributed by atoms with van der Waals surface area (Å²) in [6, 6.07) is 5.06. The molecule has 110 valence electrons. The van der Waals surface area contributed by atoms with Gasteiger partial charge in [-0.1, -0.05) is 12.1 Å². The minimum absolute atomic E-state index is 0.128. The van der Waals surface area contributed by atoms with Crippen molar-refractivity contribution in [2.24, 2.45) is 0 Å². The maximum absolute atomic E-state index is 13.2. The van der Waals surface area contributed by atoms with Crippen LogP contribution in [-0.4, -0.2) is 25.4 Å². The van der Waals surface area contributed by atoms with Crippen LogP contribution in [0.2, 0.25) is 0 Å². The quantitative estimate of drug-likeness (QED) is 0.921. The lowest BCUT2D eigenvalue weighted by molar-refractivity contribution is -0.141. The lowest BCUT2D eigenvalue weighted by atomic mass is 10.1. The topological polar surface area (TPSA) is 77.1 Å². The van der Waals surface area contributed by atoms with Crippen LogP contribution < -0.4 is 5.69 Å². The molecule has 21 heavy (non-hydrogen) atoms.